The molecule has 0 saturated heterocycles. The molecule has 2 aliphatic heterocycles. The number of ether oxygens (including phenoxy) is 1. The number of carbonyl (C=O) groups is 2. The summed E-state index contributed by atoms with van der Waals surface area (Å²) in [5.74, 6) is -0.817. The summed E-state index contributed by atoms with van der Waals surface area (Å²) in [4.78, 5) is 30.8. The number of rotatable bonds is 7. The highest BCUT2D eigenvalue weighted by Gasteiger charge is 2.50. The lowest BCUT2D eigenvalue weighted by Gasteiger charge is -2.36. The molecule has 2 atom stereocenters. The predicted molar refractivity (Wildman–Crippen MR) is 111 cm³/mol. The van der Waals surface area contributed by atoms with Gasteiger partial charge in [0.2, 0.25) is 5.91 Å². The van der Waals surface area contributed by atoms with Gasteiger partial charge in [-0.05, 0) is 18.1 Å². The molecule has 0 spiro atoms. The first-order valence-corrected chi connectivity index (χ1v) is 9.88. The Labute approximate surface area is 178 Å². The molecule has 3 heterocycles. The number of hydrogen-bond donors (Lipinski definition) is 2. The number of aromatic nitrogens is 1. The number of benzene rings is 1. The van der Waals surface area contributed by atoms with Crippen LogP contribution in [0.2, 0.25) is 0 Å². The zero-order chi connectivity index (χ0) is 21.8. The van der Waals surface area contributed by atoms with Crippen molar-refractivity contribution in [3.63, 3.8) is 0 Å². The van der Waals surface area contributed by atoms with Crippen LogP contribution in [0.25, 0.3) is 0 Å². The zero-order valence-electron chi connectivity index (χ0n) is 16.7. The summed E-state index contributed by atoms with van der Waals surface area (Å²) < 4.78 is 18.6. The molecule has 1 aromatic carbocycles. The average Bonchev–Trinajstić information content (AvgIpc) is 3.09. The molecular weight excluding hydrogens is 401 g/mol. The Bertz CT molecular complexity index is 1040. The van der Waals surface area contributed by atoms with Crippen LogP contribution >= 0.6 is 0 Å². The maximum atomic E-state index is 13.2. The summed E-state index contributed by atoms with van der Waals surface area (Å²) >= 11 is 0. The lowest BCUT2D eigenvalue weighted by atomic mass is 9.75. The highest BCUT2D eigenvalue weighted by Crippen LogP contribution is 2.34. The van der Waals surface area contributed by atoms with Crippen molar-refractivity contribution in [1.82, 2.24) is 15.3 Å². The molecule has 1 aromatic heterocycles. The predicted octanol–water partition coefficient (Wildman–Crippen LogP) is 1.39. The van der Waals surface area contributed by atoms with E-state index in [9.17, 15) is 14.0 Å². The molecule has 31 heavy (non-hydrogen) atoms. The topological polar surface area (TPSA) is 110 Å². The second kappa shape index (κ2) is 8.65. The quantitative estimate of drug-likeness (QED) is 0.699. The van der Waals surface area contributed by atoms with Gasteiger partial charge in [-0.15, -0.1) is 0 Å². The number of hydrazone groups is 1. The molecule has 0 fully saturated rings. The Hall–Kier alpha value is -3.59. The lowest BCUT2D eigenvalue weighted by Crippen LogP contribution is -2.54. The van der Waals surface area contributed by atoms with Crippen molar-refractivity contribution in [2.45, 2.75) is 18.9 Å². The van der Waals surface area contributed by atoms with E-state index in [1.165, 1.54) is 17.2 Å². The van der Waals surface area contributed by atoms with Crippen LogP contribution in [-0.4, -0.2) is 46.6 Å². The highest BCUT2D eigenvalue weighted by atomic mass is 19.1. The number of pyridine rings is 1. The molecular formula is C22H22FN5O3. The Balaban J connectivity index is 1.42. The maximum absolute atomic E-state index is 13.2. The second-order valence-corrected chi connectivity index (χ2v) is 7.55. The number of amides is 2. The summed E-state index contributed by atoms with van der Waals surface area (Å²) in [7, 11) is 0. The van der Waals surface area contributed by atoms with Crippen molar-refractivity contribution in [2.24, 2.45) is 16.3 Å². The lowest BCUT2D eigenvalue weighted by molar-refractivity contribution is -0.133. The van der Waals surface area contributed by atoms with E-state index in [0.717, 1.165) is 11.8 Å². The fourth-order valence-electron chi connectivity index (χ4n) is 3.73. The smallest absolute Gasteiger partial charge is 0.254 e. The standard InChI is InChI=1S/C22H22FN5O3/c23-16-10-17(13-25-12-16)31-9-7-18(24)20(29)28-8-6-19-22(14-28,21(30)27-26-19)11-15-4-2-1-3-5-15/h1-6,8,10,12-13,18H,7,9,11,14,24H2,(H,27,30)/t18-,22-/m1/s1. The highest BCUT2D eigenvalue weighted by molar-refractivity contribution is 6.18. The normalized spacial score (nSPS) is 20.6. The van der Waals surface area contributed by atoms with Crippen LogP contribution in [0, 0.1) is 11.2 Å². The molecule has 8 nitrogen and oxygen atoms in total. The molecule has 9 heteroatoms. The maximum Gasteiger partial charge on any atom is 0.254 e. The van der Waals surface area contributed by atoms with Crippen LogP contribution in [0.4, 0.5) is 4.39 Å². The third-order valence-corrected chi connectivity index (χ3v) is 5.38. The van der Waals surface area contributed by atoms with Crippen molar-refractivity contribution in [3.8, 4) is 5.75 Å². The Morgan fingerprint density at radius 2 is 2.13 bits per heavy atom. The SMILES string of the molecule is N[C@H](CCOc1cncc(F)c1)C(=O)N1C=CC2=NNC(=O)[C@]2(Cc2ccccc2)C1. The zero-order valence-corrected chi connectivity index (χ0v) is 16.7. The van der Waals surface area contributed by atoms with Crippen LogP contribution in [-0.2, 0) is 16.0 Å². The molecule has 0 bridgehead atoms. The summed E-state index contributed by atoms with van der Waals surface area (Å²) in [5, 5.41) is 4.14. The van der Waals surface area contributed by atoms with Crippen molar-refractivity contribution < 1.29 is 18.7 Å². The number of nitrogens with zero attached hydrogens (tertiary/aromatic N) is 3. The number of allylic oxidation sites excluding steroid dienone is 1. The van der Waals surface area contributed by atoms with E-state index in [-0.39, 0.29) is 37.1 Å². The average molecular weight is 423 g/mol. The van der Waals surface area contributed by atoms with Gasteiger partial charge in [0.25, 0.3) is 5.91 Å². The van der Waals surface area contributed by atoms with Gasteiger partial charge in [-0.3, -0.25) is 14.6 Å². The van der Waals surface area contributed by atoms with Crippen LogP contribution < -0.4 is 15.9 Å². The number of nitrogens with one attached hydrogen (secondary N) is 1. The summed E-state index contributed by atoms with van der Waals surface area (Å²) in [6.45, 7) is 0.266. The van der Waals surface area contributed by atoms with Crippen LogP contribution in [0.1, 0.15) is 12.0 Å². The Morgan fingerprint density at radius 1 is 1.32 bits per heavy atom. The van der Waals surface area contributed by atoms with E-state index >= 15 is 0 Å². The van der Waals surface area contributed by atoms with E-state index < -0.39 is 17.3 Å². The molecule has 4 rings (SSSR count). The third-order valence-electron chi connectivity index (χ3n) is 5.38. The molecule has 2 aromatic rings. The first-order valence-electron chi connectivity index (χ1n) is 9.88. The van der Waals surface area contributed by atoms with Gasteiger partial charge in [-0.2, -0.15) is 5.10 Å². The van der Waals surface area contributed by atoms with E-state index in [1.807, 2.05) is 30.3 Å². The van der Waals surface area contributed by atoms with E-state index in [0.29, 0.717) is 12.1 Å². The fraction of sp³-hybridized carbons (Fsp3) is 0.273. The third kappa shape index (κ3) is 4.31. The van der Waals surface area contributed by atoms with Crippen LogP contribution in [0.15, 0.2) is 66.2 Å². The molecule has 160 valence electrons. The first-order chi connectivity index (χ1) is 15.0. The Morgan fingerprint density at radius 3 is 2.90 bits per heavy atom. The first kappa shape index (κ1) is 20.7. The van der Waals surface area contributed by atoms with Crippen molar-refractivity contribution in [1.29, 1.82) is 0 Å². The van der Waals surface area contributed by atoms with Gasteiger partial charge in [0.05, 0.1) is 30.8 Å². The number of halogens is 1. The van der Waals surface area contributed by atoms with E-state index in [1.54, 1.807) is 12.3 Å². The summed E-state index contributed by atoms with van der Waals surface area (Å²) in [6, 6.07) is 9.95. The van der Waals surface area contributed by atoms with Gasteiger partial charge in [-0.1, -0.05) is 30.3 Å². The van der Waals surface area contributed by atoms with Crippen molar-refractivity contribution in [3.05, 3.63) is 72.4 Å². The van der Waals surface area contributed by atoms with Crippen LogP contribution in [0.3, 0.4) is 0 Å². The molecule has 2 aliphatic rings. The number of hydrogen-bond acceptors (Lipinski definition) is 6. The molecule has 0 unspecified atom stereocenters. The van der Waals surface area contributed by atoms with Gasteiger partial charge in [0.1, 0.15) is 17.0 Å². The van der Waals surface area contributed by atoms with E-state index in [2.05, 4.69) is 15.5 Å². The largest absolute Gasteiger partial charge is 0.492 e. The minimum atomic E-state index is -0.963. The Kier molecular flexibility index (Phi) is 5.77. The van der Waals surface area contributed by atoms with Gasteiger partial charge in [-0.25, -0.2) is 9.82 Å². The van der Waals surface area contributed by atoms with Gasteiger partial charge < -0.3 is 15.4 Å². The monoisotopic (exact) mass is 423 g/mol. The molecule has 3 N–H and O–H groups in total. The minimum absolute atomic E-state index is 0.123. The second-order valence-electron chi connectivity index (χ2n) is 7.55. The fourth-order valence-corrected chi connectivity index (χ4v) is 3.73. The van der Waals surface area contributed by atoms with E-state index in [4.69, 9.17) is 10.5 Å². The van der Waals surface area contributed by atoms with Crippen molar-refractivity contribution in [2.75, 3.05) is 13.2 Å². The summed E-state index contributed by atoms with van der Waals surface area (Å²) in [6.07, 6.45) is 6.37. The summed E-state index contributed by atoms with van der Waals surface area (Å²) in [5.41, 5.74) is 9.23. The molecule has 2 amide bonds. The van der Waals surface area contributed by atoms with Gasteiger partial charge in [0.15, 0.2) is 0 Å². The number of fused-ring (bicyclic) bond motifs is 1. The number of nitrogens with two attached hydrogens (primary N) is 1. The molecule has 0 radical (unpaired) electrons. The van der Waals surface area contributed by atoms with Crippen molar-refractivity contribution >= 4 is 17.5 Å². The number of carbonyl (C=O) groups excluding carboxylic acids is 2. The van der Waals surface area contributed by atoms with Crippen LogP contribution in [0.5, 0.6) is 5.75 Å². The molecule has 0 saturated carbocycles. The van der Waals surface area contributed by atoms with Gasteiger partial charge >= 0.3 is 0 Å². The van der Waals surface area contributed by atoms with Gasteiger partial charge in [0, 0.05) is 25.2 Å². The molecule has 0 aliphatic carbocycles. The minimum Gasteiger partial charge on any atom is -0.492 e.